The number of rotatable bonds is 7. The van der Waals surface area contributed by atoms with Gasteiger partial charge in [0.25, 0.3) is 5.91 Å². The molecule has 1 fully saturated rings. The molecular weight excluding hydrogens is 589 g/mol. The number of hydrogen-bond donors (Lipinski definition) is 2. The van der Waals surface area contributed by atoms with E-state index in [1.54, 1.807) is 24.4 Å². The molecule has 0 unspecified atom stereocenters. The number of nitrogens with zero attached hydrogens (tertiary/aromatic N) is 4. The maximum Gasteiger partial charge on any atom is 0.416 e. The topological polar surface area (TPSA) is 73.4 Å². The molecule has 6 rings (SSSR count). The first-order valence-corrected chi connectivity index (χ1v) is 15.2. The summed E-state index contributed by atoms with van der Waals surface area (Å²) in [6.07, 6.45) is -2.79. The van der Waals surface area contributed by atoms with Crippen molar-refractivity contribution in [3.63, 3.8) is 0 Å². The molecule has 1 saturated heterocycles. The van der Waals surface area contributed by atoms with Gasteiger partial charge in [-0.3, -0.25) is 9.69 Å². The molecule has 0 bridgehead atoms. The van der Waals surface area contributed by atoms with Crippen molar-refractivity contribution in [3.05, 3.63) is 113 Å². The molecule has 5 aromatic rings. The fourth-order valence-corrected chi connectivity index (χ4v) is 5.61. The van der Waals surface area contributed by atoms with E-state index < -0.39 is 17.6 Å². The molecule has 236 valence electrons. The van der Waals surface area contributed by atoms with Gasteiger partial charge in [0.1, 0.15) is 0 Å². The second kappa shape index (κ2) is 12.9. The fourth-order valence-electron chi connectivity index (χ4n) is 5.61. The zero-order chi connectivity index (χ0) is 32.4. The van der Waals surface area contributed by atoms with Gasteiger partial charge < -0.3 is 15.5 Å². The Morgan fingerprint density at radius 3 is 2.35 bits per heavy atom. The number of anilines is 3. The summed E-state index contributed by atoms with van der Waals surface area (Å²) in [5.74, 6) is -0.00266. The number of carbonyl (C=O) groups is 1. The molecule has 2 N–H and O–H groups in total. The number of nitrogens with one attached hydrogen (secondary N) is 2. The lowest BCUT2D eigenvalue weighted by Gasteiger charge is -2.33. The van der Waals surface area contributed by atoms with E-state index in [9.17, 15) is 18.0 Å². The molecule has 1 aliphatic heterocycles. The van der Waals surface area contributed by atoms with Crippen LogP contribution in [0.4, 0.5) is 30.5 Å². The van der Waals surface area contributed by atoms with Gasteiger partial charge in [0.2, 0.25) is 5.95 Å². The first-order valence-electron chi connectivity index (χ1n) is 15.2. The third kappa shape index (κ3) is 7.19. The number of likely N-dealkylation sites (N-methyl/N-ethyl adjacent to an activating group) is 1. The van der Waals surface area contributed by atoms with Gasteiger partial charge in [-0.2, -0.15) is 13.2 Å². The Balaban J connectivity index is 1.20. The average molecular weight is 625 g/mol. The number of alkyl halides is 3. The largest absolute Gasteiger partial charge is 0.416 e. The Kier molecular flexibility index (Phi) is 8.75. The minimum atomic E-state index is -4.54. The molecule has 10 heteroatoms. The molecule has 7 nitrogen and oxygen atoms in total. The van der Waals surface area contributed by atoms with Crippen LogP contribution in [0.5, 0.6) is 0 Å². The number of carbonyl (C=O) groups excluding carboxylic acids is 1. The minimum absolute atomic E-state index is 0.0967. The normalized spacial score (nSPS) is 14.4. The van der Waals surface area contributed by atoms with E-state index in [1.807, 2.05) is 74.3 Å². The summed E-state index contributed by atoms with van der Waals surface area (Å²) >= 11 is 0. The summed E-state index contributed by atoms with van der Waals surface area (Å²) in [6, 6.07) is 23.1. The minimum Gasteiger partial charge on any atom is -0.324 e. The van der Waals surface area contributed by atoms with Crippen LogP contribution in [0.15, 0.2) is 85.1 Å². The standard InChI is InChI=1S/C36H35F3N6O/c1-23-4-10-29(11-5-23)42-35-40-21-28-18-25(9-13-33(28)43-35)31-19-26(7-6-24(31)2)34(46)41-30-12-8-27(32(20-30)36(37,38)39)22-45-16-14-44(3)15-17-45/h4-13,18-21H,14-17,22H2,1-3H3,(H,41,46)(H,40,42,43). The molecule has 0 atom stereocenters. The van der Waals surface area contributed by atoms with E-state index in [1.165, 1.54) is 6.07 Å². The molecule has 0 spiro atoms. The molecule has 1 aliphatic rings. The van der Waals surface area contributed by atoms with Crippen molar-refractivity contribution >= 4 is 34.1 Å². The van der Waals surface area contributed by atoms with E-state index in [2.05, 4.69) is 25.5 Å². The lowest BCUT2D eigenvalue weighted by atomic mass is 9.96. The van der Waals surface area contributed by atoms with E-state index in [-0.39, 0.29) is 17.8 Å². The van der Waals surface area contributed by atoms with Gasteiger partial charge in [0.15, 0.2) is 0 Å². The summed E-state index contributed by atoms with van der Waals surface area (Å²) in [5, 5.41) is 6.73. The molecule has 1 amide bonds. The summed E-state index contributed by atoms with van der Waals surface area (Å²) in [6.45, 7) is 7.22. The second-order valence-corrected chi connectivity index (χ2v) is 11.9. The first-order chi connectivity index (χ1) is 22.0. The summed E-state index contributed by atoms with van der Waals surface area (Å²) in [5.41, 5.74) is 5.36. The summed E-state index contributed by atoms with van der Waals surface area (Å²) < 4.78 is 42.2. The van der Waals surface area contributed by atoms with Crippen molar-refractivity contribution < 1.29 is 18.0 Å². The highest BCUT2D eigenvalue weighted by Gasteiger charge is 2.34. The Bertz CT molecular complexity index is 1880. The van der Waals surface area contributed by atoms with Gasteiger partial charge in [-0.1, -0.05) is 35.9 Å². The molecule has 2 heterocycles. The van der Waals surface area contributed by atoms with E-state index >= 15 is 0 Å². The van der Waals surface area contributed by atoms with Crippen molar-refractivity contribution in [1.82, 2.24) is 19.8 Å². The van der Waals surface area contributed by atoms with Gasteiger partial charge in [0, 0.05) is 61.2 Å². The van der Waals surface area contributed by atoms with Crippen LogP contribution in [0.2, 0.25) is 0 Å². The van der Waals surface area contributed by atoms with Crippen molar-refractivity contribution in [3.8, 4) is 11.1 Å². The highest BCUT2D eigenvalue weighted by molar-refractivity contribution is 6.05. The highest BCUT2D eigenvalue weighted by atomic mass is 19.4. The third-order valence-corrected chi connectivity index (χ3v) is 8.36. The predicted octanol–water partition coefficient (Wildman–Crippen LogP) is 7.68. The molecule has 1 aromatic heterocycles. The molecule has 0 saturated carbocycles. The van der Waals surface area contributed by atoms with E-state index in [4.69, 9.17) is 0 Å². The maximum absolute atomic E-state index is 14.1. The molecule has 0 aliphatic carbocycles. The number of hydrogen-bond acceptors (Lipinski definition) is 6. The number of amides is 1. The number of fused-ring (bicyclic) bond motifs is 1. The average Bonchev–Trinajstić information content (AvgIpc) is 3.03. The van der Waals surface area contributed by atoms with Gasteiger partial charge in [-0.25, -0.2) is 9.97 Å². The SMILES string of the molecule is Cc1ccc(Nc2ncc3cc(-c4cc(C(=O)Nc5ccc(CN6CCN(C)CC6)c(C(F)(F)F)c5)ccc4C)ccc3n2)cc1. The van der Waals surface area contributed by atoms with Gasteiger partial charge in [-0.15, -0.1) is 0 Å². The monoisotopic (exact) mass is 624 g/mol. The lowest BCUT2D eigenvalue weighted by molar-refractivity contribution is -0.138. The van der Waals surface area contributed by atoms with E-state index in [0.717, 1.165) is 58.0 Å². The highest BCUT2D eigenvalue weighted by Crippen LogP contribution is 2.35. The fraction of sp³-hybridized carbons (Fsp3) is 0.250. The number of piperazine rings is 1. The van der Waals surface area contributed by atoms with Crippen LogP contribution in [-0.4, -0.2) is 58.9 Å². The number of aryl methyl sites for hydroxylation is 2. The van der Waals surface area contributed by atoms with Crippen molar-refractivity contribution in [1.29, 1.82) is 0 Å². The van der Waals surface area contributed by atoms with Crippen molar-refractivity contribution in [2.45, 2.75) is 26.6 Å². The predicted molar refractivity (Wildman–Crippen MR) is 176 cm³/mol. The molecule has 0 radical (unpaired) electrons. The van der Waals surface area contributed by atoms with Crippen LogP contribution in [0, 0.1) is 13.8 Å². The van der Waals surface area contributed by atoms with Crippen LogP contribution in [0.3, 0.4) is 0 Å². The van der Waals surface area contributed by atoms with Crippen LogP contribution in [-0.2, 0) is 12.7 Å². The Labute approximate surface area is 266 Å². The second-order valence-electron chi connectivity index (χ2n) is 11.9. The smallest absolute Gasteiger partial charge is 0.324 e. The van der Waals surface area contributed by atoms with Crippen LogP contribution < -0.4 is 10.6 Å². The molecule has 4 aromatic carbocycles. The lowest BCUT2D eigenvalue weighted by Crippen LogP contribution is -2.44. The van der Waals surface area contributed by atoms with Crippen LogP contribution >= 0.6 is 0 Å². The Hall–Kier alpha value is -4.80. The number of halogens is 3. The van der Waals surface area contributed by atoms with Crippen molar-refractivity contribution in [2.75, 3.05) is 43.9 Å². The quantitative estimate of drug-likeness (QED) is 0.194. The Morgan fingerprint density at radius 2 is 1.61 bits per heavy atom. The van der Waals surface area contributed by atoms with Gasteiger partial charge in [-0.05, 0) is 91.7 Å². The molecule has 46 heavy (non-hydrogen) atoms. The van der Waals surface area contributed by atoms with Crippen molar-refractivity contribution in [2.24, 2.45) is 0 Å². The first kappa shape index (κ1) is 31.2. The van der Waals surface area contributed by atoms with Gasteiger partial charge >= 0.3 is 6.18 Å². The molecular formula is C36H35F3N6O. The summed E-state index contributed by atoms with van der Waals surface area (Å²) in [7, 11) is 2.00. The summed E-state index contributed by atoms with van der Waals surface area (Å²) in [4.78, 5) is 26.6. The zero-order valence-electron chi connectivity index (χ0n) is 25.9. The van der Waals surface area contributed by atoms with Gasteiger partial charge in [0.05, 0.1) is 11.1 Å². The Morgan fingerprint density at radius 1 is 0.870 bits per heavy atom. The number of aromatic nitrogens is 2. The van der Waals surface area contributed by atoms with E-state index in [0.29, 0.717) is 24.6 Å². The zero-order valence-corrected chi connectivity index (χ0v) is 25.9. The maximum atomic E-state index is 14.1. The number of benzene rings is 4. The third-order valence-electron chi connectivity index (χ3n) is 8.36. The van der Waals surface area contributed by atoms with Crippen LogP contribution in [0.25, 0.3) is 22.0 Å². The van der Waals surface area contributed by atoms with Crippen LogP contribution in [0.1, 0.15) is 32.6 Å².